The molecule has 0 radical (unpaired) electrons. The van der Waals surface area contributed by atoms with E-state index >= 15 is 0 Å². The second kappa shape index (κ2) is 8.75. The van der Waals surface area contributed by atoms with Crippen LogP contribution in [-0.2, 0) is 16.0 Å². The third-order valence-electron chi connectivity index (χ3n) is 3.75. The molecule has 6 nitrogen and oxygen atoms in total. The molecule has 0 fully saturated rings. The molecular weight excluding hydrogens is 337 g/mol. The molecule has 2 rings (SSSR count). The van der Waals surface area contributed by atoms with E-state index < -0.39 is 11.8 Å². The standard InChI is InChI=1S/C19H20FN3O3/c1-12(24)23-17-4-2-3-14(10-17)19(26)22-11-15(18(21)25)9-13-5-7-16(20)8-6-13/h2-8,10,15H,9,11H2,1H3,(H2,21,25)(H,22,26)(H,23,24). The minimum Gasteiger partial charge on any atom is -0.369 e. The Hall–Kier alpha value is -3.22. The molecule has 4 N–H and O–H groups in total. The maximum absolute atomic E-state index is 13.0. The molecule has 0 spiro atoms. The van der Waals surface area contributed by atoms with E-state index in [-0.39, 0.29) is 24.2 Å². The van der Waals surface area contributed by atoms with Crippen molar-refractivity contribution >= 4 is 23.4 Å². The van der Waals surface area contributed by atoms with Gasteiger partial charge in [0.05, 0.1) is 5.92 Å². The van der Waals surface area contributed by atoms with E-state index in [1.165, 1.54) is 25.1 Å². The molecule has 26 heavy (non-hydrogen) atoms. The van der Waals surface area contributed by atoms with Gasteiger partial charge in [0.2, 0.25) is 11.8 Å². The molecule has 2 aromatic carbocycles. The highest BCUT2D eigenvalue weighted by Crippen LogP contribution is 2.12. The first kappa shape index (κ1) is 19.1. The summed E-state index contributed by atoms with van der Waals surface area (Å²) in [6.07, 6.45) is 0.293. The van der Waals surface area contributed by atoms with Crippen LogP contribution >= 0.6 is 0 Å². The number of nitrogens with one attached hydrogen (secondary N) is 2. The van der Waals surface area contributed by atoms with Crippen molar-refractivity contribution in [1.29, 1.82) is 0 Å². The third-order valence-corrected chi connectivity index (χ3v) is 3.75. The lowest BCUT2D eigenvalue weighted by Gasteiger charge is -2.15. The molecule has 2 aromatic rings. The van der Waals surface area contributed by atoms with Gasteiger partial charge in [-0.15, -0.1) is 0 Å². The first-order valence-corrected chi connectivity index (χ1v) is 8.05. The van der Waals surface area contributed by atoms with Gasteiger partial charge >= 0.3 is 0 Å². The summed E-state index contributed by atoms with van der Waals surface area (Å²) in [6, 6.07) is 12.2. The van der Waals surface area contributed by atoms with Crippen molar-refractivity contribution in [1.82, 2.24) is 5.32 Å². The molecule has 136 valence electrons. The quantitative estimate of drug-likeness (QED) is 0.705. The number of halogens is 1. The Bertz CT molecular complexity index is 806. The van der Waals surface area contributed by atoms with Crippen LogP contribution in [0.15, 0.2) is 48.5 Å². The zero-order valence-electron chi connectivity index (χ0n) is 14.3. The number of hydrogen-bond acceptors (Lipinski definition) is 3. The number of hydrogen-bond donors (Lipinski definition) is 3. The van der Waals surface area contributed by atoms with E-state index in [9.17, 15) is 18.8 Å². The molecule has 3 amide bonds. The highest BCUT2D eigenvalue weighted by atomic mass is 19.1. The summed E-state index contributed by atoms with van der Waals surface area (Å²) in [5, 5.41) is 5.26. The van der Waals surface area contributed by atoms with Gasteiger partial charge in [-0.2, -0.15) is 0 Å². The Labute approximate surface area is 150 Å². The summed E-state index contributed by atoms with van der Waals surface area (Å²) in [5.74, 6) is -2.17. The van der Waals surface area contributed by atoms with E-state index in [2.05, 4.69) is 10.6 Å². The molecule has 1 unspecified atom stereocenters. The predicted octanol–water partition coefficient (Wildman–Crippen LogP) is 1.86. The first-order chi connectivity index (χ1) is 12.3. The van der Waals surface area contributed by atoms with Gasteiger partial charge in [-0.1, -0.05) is 18.2 Å². The number of amides is 3. The van der Waals surface area contributed by atoms with E-state index in [4.69, 9.17) is 5.73 Å². The third kappa shape index (κ3) is 5.70. The summed E-state index contributed by atoms with van der Waals surface area (Å²) in [5.41, 5.74) is 7.00. The van der Waals surface area contributed by atoms with Gasteiger partial charge in [-0.3, -0.25) is 14.4 Å². The Morgan fingerprint density at radius 2 is 1.81 bits per heavy atom. The SMILES string of the molecule is CC(=O)Nc1cccc(C(=O)NCC(Cc2ccc(F)cc2)C(N)=O)c1. The molecule has 0 saturated heterocycles. The predicted molar refractivity (Wildman–Crippen MR) is 95.9 cm³/mol. The average Bonchev–Trinajstić information content (AvgIpc) is 2.59. The number of carbonyl (C=O) groups is 3. The maximum Gasteiger partial charge on any atom is 0.251 e. The maximum atomic E-state index is 13.0. The van der Waals surface area contributed by atoms with Crippen LogP contribution in [0.1, 0.15) is 22.8 Å². The van der Waals surface area contributed by atoms with Crippen LogP contribution in [0.5, 0.6) is 0 Å². The van der Waals surface area contributed by atoms with Crippen molar-refractivity contribution < 1.29 is 18.8 Å². The van der Waals surface area contributed by atoms with Crippen molar-refractivity contribution in [3.63, 3.8) is 0 Å². The lowest BCUT2D eigenvalue weighted by Crippen LogP contribution is -2.37. The Balaban J connectivity index is 1.99. The van der Waals surface area contributed by atoms with Crippen molar-refractivity contribution in [2.75, 3.05) is 11.9 Å². The van der Waals surface area contributed by atoms with Crippen LogP contribution in [-0.4, -0.2) is 24.3 Å². The van der Waals surface area contributed by atoms with Crippen LogP contribution in [0.25, 0.3) is 0 Å². The zero-order chi connectivity index (χ0) is 19.1. The van der Waals surface area contributed by atoms with Gasteiger partial charge in [0, 0.05) is 24.7 Å². The highest BCUT2D eigenvalue weighted by Gasteiger charge is 2.18. The minimum absolute atomic E-state index is 0.0515. The van der Waals surface area contributed by atoms with Gasteiger partial charge in [-0.25, -0.2) is 4.39 Å². The normalized spacial score (nSPS) is 11.5. The van der Waals surface area contributed by atoms with Crippen LogP contribution in [0.3, 0.4) is 0 Å². The molecule has 0 aliphatic rings. The Morgan fingerprint density at radius 3 is 2.42 bits per heavy atom. The molecule has 0 aromatic heterocycles. The smallest absolute Gasteiger partial charge is 0.251 e. The Kier molecular flexibility index (Phi) is 6.43. The molecule has 0 saturated carbocycles. The van der Waals surface area contributed by atoms with E-state index in [0.717, 1.165) is 5.56 Å². The van der Waals surface area contributed by atoms with Crippen LogP contribution in [0.4, 0.5) is 10.1 Å². The number of benzene rings is 2. The van der Waals surface area contributed by atoms with E-state index in [1.54, 1.807) is 30.3 Å². The fourth-order valence-electron chi connectivity index (χ4n) is 2.44. The number of nitrogens with two attached hydrogens (primary N) is 1. The number of anilines is 1. The number of carbonyl (C=O) groups excluding carboxylic acids is 3. The molecular formula is C19H20FN3O3. The van der Waals surface area contributed by atoms with E-state index in [0.29, 0.717) is 17.7 Å². The van der Waals surface area contributed by atoms with Gasteiger partial charge < -0.3 is 16.4 Å². The molecule has 0 bridgehead atoms. The van der Waals surface area contributed by atoms with Crippen molar-refractivity contribution in [2.24, 2.45) is 11.7 Å². The van der Waals surface area contributed by atoms with Crippen LogP contribution in [0, 0.1) is 11.7 Å². The number of rotatable bonds is 7. The summed E-state index contributed by atoms with van der Waals surface area (Å²) in [4.78, 5) is 35.0. The lowest BCUT2D eigenvalue weighted by molar-refractivity contribution is -0.121. The van der Waals surface area contributed by atoms with Crippen LogP contribution < -0.4 is 16.4 Å². The molecule has 1 atom stereocenters. The second-order valence-electron chi connectivity index (χ2n) is 5.90. The van der Waals surface area contributed by atoms with E-state index in [1.807, 2.05) is 0 Å². The lowest BCUT2D eigenvalue weighted by atomic mass is 9.98. The van der Waals surface area contributed by atoms with Crippen molar-refractivity contribution in [3.8, 4) is 0 Å². The van der Waals surface area contributed by atoms with Crippen molar-refractivity contribution in [2.45, 2.75) is 13.3 Å². The second-order valence-corrected chi connectivity index (χ2v) is 5.90. The highest BCUT2D eigenvalue weighted by molar-refractivity contribution is 5.97. The minimum atomic E-state index is -0.622. The topological polar surface area (TPSA) is 101 Å². The van der Waals surface area contributed by atoms with Gasteiger partial charge in [0.15, 0.2) is 0 Å². The first-order valence-electron chi connectivity index (χ1n) is 8.05. The van der Waals surface area contributed by atoms with Gasteiger partial charge in [0.1, 0.15) is 5.82 Å². The summed E-state index contributed by atoms with van der Waals surface area (Å²) in [7, 11) is 0. The molecule has 0 aliphatic carbocycles. The monoisotopic (exact) mass is 357 g/mol. The van der Waals surface area contributed by atoms with Crippen molar-refractivity contribution in [3.05, 3.63) is 65.5 Å². The largest absolute Gasteiger partial charge is 0.369 e. The average molecular weight is 357 g/mol. The molecule has 0 heterocycles. The summed E-state index contributed by atoms with van der Waals surface area (Å²) < 4.78 is 13.0. The molecule has 0 aliphatic heterocycles. The van der Waals surface area contributed by atoms with Gasteiger partial charge in [0.25, 0.3) is 5.91 Å². The Morgan fingerprint density at radius 1 is 1.12 bits per heavy atom. The zero-order valence-corrected chi connectivity index (χ0v) is 14.3. The fraction of sp³-hybridized carbons (Fsp3) is 0.211. The number of primary amides is 1. The summed E-state index contributed by atoms with van der Waals surface area (Å²) in [6.45, 7) is 1.43. The molecule has 7 heteroatoms. The fourth-order valence-corrected chi connectivity index (χ4v) is 2.44. The summed E-state index contributed by atoms with van der Waals surface area (Å²) >= 11 is 0. The van der Waals surface area contributed by atoms with Crippen LogP contribution in [0.2, 0.25) is 0 Å². The van der Waals surface area contributed by atoms with Gasteiger partial charge in [-0.05, 0) is 42.3 Å².